The van der Waals surface area contributed by atoms with Crippen LogP contribution < -0.4 is 20.9 Å². The van der Waals surface area contributed by atoms with Crippen molar-refractivity contribution in [3.8, 4) is 0 Å². The highest BCUT2D eigenvalue weighted by atomic mass is 32.2. The van der Waals surface area contributed by atoms with Crippen molar-refractivity contribution >= 4 is 52.2 Å². The van der Waals surface area contributed by atoms with Gasteiger partial charge in [-0.2, -0.15) is 0 Å². The van der Waals surface area contributed by atoms with Crippen LogP contribution in [0.2, 0.25) is 0 Å². The minimum absolute atomic E-state index is 0.0151. The highest BCUT2D eigenvalue weighted by Gasteiger charge is 2.29. The number of hydrogen-bond acceptors (Lipinski definition) is 5. The van der Waals surface area contributed by atoms with E-state index >= 15 is 0 Å². The van der Waals surface area contributed by atoms with E-state index in [9.17, 15) is 14.4 Å². The number of fused-ring (bicyclic) bond motifs is 2. The molecule has 3 amide bonds. The smallest absolute Gasteiger partial charge is 0.249 e. The Morgan fingerprint density at radius 1 is 1.11 bits per heavy atom. The number of hydrogen-bond donors (Lipinski definition) is 3. The van der Waals surface area contributed by atoms with Gasteiger partial charge in [0, 0.05) is 10.6 Å². The third kappa shape index (κ3) is 3.48. The molecule has 0 saturated carbocycles. The monoisotopic (exact) mass is 382 g/mol. The zero-order valence-electron chi connectivity index (χ0n) is 14.6. The summed E-state index contributed by atoms with van der Waals surface area (Å²) in [4.78, 5) is 39.0. The first-order chi connectivity index (χ1) is 13.0. The lowest BCUT2D eigenvalue weighted by atomic mass is 10.1. The first-order valence-corrected chi connectivity index (χ1v) is 9.53. The fourth-order valence-corrected chi connectivity index (χ4v) is 3.94. The summed E-state index contributed by atoms with van der Waals surface area (Å²) >= 11 is 1.49. The van der Waals surface area contributed by atoms with E-state index in [0.717, 1.165) is 16.3 Å². The van der Waals surface area contributed by atoms with Gasteiger partial charge in [-0.05, 0) is 37.3 Å². The van der Waals surface area contributed by atoms with E-state index in [2.05, 4.69) is 16.0 Å². The average molecular weight is 382 g/mol. The lowest BCUT2D eigenvalue weighted by molar-refractivity contribution is -0.122. The molecule has 2 aromatic carbocycles. The van der Waals surface area contributed by atoms with Crippen molar-refractivity contribution in [3.05, 3.63) is 42.5 Å². The highest BCUT2D eigenvalue weighted by molar-refractivity contribution is 8.00. The lowest BCUT2D eigenvalue weighted by Crippen LogP contribution is -2.47. The number of amides is 3. The Bertz CT molecular complexity index is 946. The molecule has 7 nitrogen and oxygen atoms in total. The van der Waals surface area contributed by atoms with Crippen LogP contribution in [-0.4, -0.2) is 36.1 Å². The summed E-state index contributed by atoms with van der Waals surface area (Å²) < 4.78 is 0. The van der Waals surface area contributed by atoms with E-state index in [-0.39, 0.29) is 24.3 Å². The quantitative estimate of drug-likeness (QED) is 0.759. The van der Waals surface area contributed by atoms with Gasteiger partial charge in [-0.3, -0.25) is 19.3 Å². The van der Waals surface area contributed by atoms with E-state index in [1.54, 1.807) is 13.0 Å². The van der Waals surface area contributed by atoms with Gasteiger partial charge >= 0.3 is 0 Å². The van der Waals surface area contributed by atoms with Crippen LogP contribution in [0.3, 0.4) is 0 Å². The molecule has 138 valence electrons. The number of nitrogens with one attached hydrogen (secondary N) is 3. The molecule has 0 fully saturated rings. The molecule has 0 radical (unpaired) electrons. The Balaban J connectivity index is 1.53. The van der Waals surface area contributed by atoms with Crippen molar-refractivity contribution < 1.29 is 14.4 Å². The molecule has 3 N–H and O–H groups in total. The van der Waals surface area contributed by atoms with Gasteiger partial charge < -0.3 is 16.0 Å². The van der Waals surface area contributed by atoms with Crippen molar-refractivity contribution in [2.24, 2.45) is 0 Å². The summed E-state index contributed by atoms with van der Waals surface area (Å²) in [5, 5.41) is 8.78. The van der Waals surface area contributed by atoms with Crippen molar-refractivity contribution in [2.45, 2.75) is 17.9 Å². The third-order valence-electron chi connectivity index (χ3n) is 4.40. The standard InChI is InChI=1S/C19H18N4O3S/c1-11(20-12-6-7-16-14(8-12)22-18(25)10-27-16)19(26)23-9-17(24)21-13-4-2-3-5-15(13)23/h2-8,11,20H,9-10H2,1H3,(H,21,24)(H,22,25). The first-order valence-electron chi connectivity index (χ1n) is 8.55. The van der Waals surface area contributed by atoms with Crippen molar-refractivity contribution in [2.75, 3.05) is 33.1 Å². The minimum Gasteiger partial charge on any atom is -0.374 e. The molecule has 0 spiro atoms. The van der Waals surface area contributed by atoms with Crippen LogP contribution in [-0.2, 0) is 14.4 Å². The average Bonchev–Trinajstić information content (AvgIpc) is 2.66. The van der Waals surface area contributed by atoms with E-state index < -0.39 is 6.04 Å². The molecule has 0 bridgehead atoms. The topological polar surface area (TPSA) is 90.5 Å². The van der Waals surface area contributed by atoms with Gasteiger partial charge in [0.15, 0.2) is 0 Å². The molecule has 2 aromatic rings. The summed E-state index contributed by atoms with van der Waals surface area (Å²) in [5.41, 5.74) is 2.78. The number of benzene rings is 2. The number of carbonyl (C=O) groups is 3. The molecule has 2 heterocycles. The predicted molar refractivity (Wildman–Crippen MR) is 106 cm³/mol. The summed E-state index contributed by atoms with van der Waals surface area (Å²) in [6.07, 6.45) is 0. The van der Waals surface area contributed by atoms with Gasteiger partial charge in [-0.1, -0.05) is 12.1 Å². The van der Waals surface area contributed by atoms with Gasteiger partial charge in [0.1, 0.15) is 12.6 Å². The zero-order valence-corrected chi connectivity index (χ0v) is 15.4. The summed E-state index contributed by atoms with van der Waals surface area (Å²) in [6.45, 7) is 1.74. The molecule has 27 heavy (non-hydrogen) atoms. The molecule has 2 aliphatic heterocycles. The molecular formula is C19H18N4O3S. The molecule has 1 unspecified atom stereocenters. The molecule has 0 aliphatic carbocycles. The van der Waals surface area contributed by atoms with Crippen molar-refractivity contribution in [1.29, 1.82) is 0 Å². The number of carbonyl (C=O) groups excluding carboxylic acids is 3. The normalized spacial score (nSPS) is 16.6. The SMILES string of the molecule is CC(Nc1ccc2c(c1)NC(=O)CS2)C(=O)N1CC(=O)Nc2ccccc21. The molecule has 2 aliphatic rings. The fourth-order valence-electron chi connectivity index (χ4n) is 3.15. The maximum Gasteiger partial charge on any atom is 0.249 e. The molecule has 0 aromatic heterocycles. The fraction of sp³-hybridized carbons (Fsp3) is 0.211. The Morgan fingerprint density at radius 2 is 1.89 bits per heavy atom. The Labute approximate surface area is 160 Å². The van der Waals surface area contributed by atoms with E-state index in [1.165, 1.54) is 16.7 Å². The minimum atomic E-state index is -0.547. The van der Waals surface area contributed by atoms with Gasteiger partial charge in [0.25, 0.3) is 0 Å². The maximum absolute atomic E-state index is 13.0. The number of anilines is 4. The summed E-state index contributed by atoms with van der Waals surface area (Å²) in [6, 6.07) is 12.3. The number of thioether (sulfide) groups is 1. The summed E-state index contributed by atoms with van der Waals surface area (Å²) in [5.74, 6) is -0.0497. The molecular weight excluding hydrogens is 364 g/mol. The first kappa shape index (κ1) is 17.4. The second-order valence-corrected chi connectivity index (χ2v) is 7.42. The second kappa shape index (κ2) is 6.96. The van der Waals surface area contributed by atoms with Crippen LogP contribution in [0.4, 0.5) is 22.7 Å². The van der Waals surface area contributed by atoms with E-state index in [4.69, 9.17) is 0 Å². The number of nitrogens with zero attached hydrogens (tertiary/aromatic N) is 1. The molecule has 4 rings (SSSR count). The molecule has 0 saturated heterocycles. The Kier molecular flexibility index (Phi) is 4.49. The largest absolute Gasteiger partial charge is 0.374 e. The van der Waals surface area contributed by atoms with Gasteiger partial charge in [-0.25, -0.2) is 0 Å². The second-order valence-electron chi connectivity index (χ2n) is 6.40. The highest BCUT2D eigenvalue weighted by Crippen LogP contribution is 2.34. The van der Waals surface area contributed by atoms with Crippen LogP contribution in [0.5, 0.6) is 0 Å². The van der Waals surface area contributed by atoms with Crippen LogP contribution in [0.1, 0.15) is 6.92 Å². The predicted octanol–water partition coefficient (Wildman–Crippen LogP) is 2.52. The van der Waals surface area contributed by atoms with Crippen molar-refractivity contribution in [3.63, 3.8) is 0 Å². The summed E-state index contributed by atoms with van der Waals surface area (Å²) in [7, 11) is 0. The number of para-hydroxylation sites is 2. The van der Waals surface area contributed by atoms with Crippen LogP contribution >= 0.6 is 11.8 Å². The van der Waals surface area contributed by atoms with Gasteiger partial charge in [0.05, 0.1) is 22.8 Å². The van der Waals surface area contributed by atoms with Crippen LogP contribution in [0.15, 0.2) is 47.4 Å². The third-order valence-corrected chi connectivity index (χ3v) is 5.48. The van der Waals surface area contributed by atoms with Crippen LogP contribution in [0, 0.1) is 0 Å². The zero-order chi connectivity index (χ0) is 19.0. The van der Waals surface area contributed by atoms with E-state index in [0.29, 0.717) is 17.1 Å². The van der Waals surface area contributed by atoms with E-state index in [1.807, 2.05) is 36.4 Å². The lowest BCUT2D eigenvalue weighted by Gasteiger charge is -2.31. The van der Waals surface area contributed by atoms with Gasteiger partial charge in [-0.15, -0.1) is 11.8 Å². The van der Waals surface area contributed by atoms with Crippen molar-refractivity contribution in [1.82, 2.24) is 0 Å². The Morgan fingerprint density at radius 3 is 2.74 bits per heavy atom. The van der Waals surface area contributed by atoms with Gasteiger partial charge in [0.2, 0.25) is 17.7 Å². The Hall–Kier alpha value is -3.00. The molecule has 8 heteroatoms. The number of rotatable bonds is 3. The van der Waals surface area contributed by atoms with Crippen LogP contribution in [0.25, 0.3) is 0 Å². The maximum atomic E-state index is 13.0. The molecule has 1 atom stereocenters.